The third-order valence-electron chi connectivity index (χ3n) is 2.16. The zero-order valence-corrected chi connectivity index (χ0v) is 9.50. The normalized spacial score (nSPS) is 13.6. The molecule has 0 aliphatic rings. The first-order chi connectivity index (χ1) is 7.60. The average Bonchev–Trinajstić information content (AvgIpc) is 2.28. The molecule has 0 aliphatic carbocycles. The molecule has 0 saturated carbocycles. The number of para-hydroxylation sites is 1. The summed E-state index contributed by atoms with van der Waals surface area (Å²) in [5, 5.41) is 14.5. The molecular weight excluding hydrogens is 233 g/mol. The summed E-state index contributed by atoms with van der Waals surface area (Å²) in [4.78, 5) is 0. The molecule has 0 saturated heterocycles. The second kappa shape index (κ2) is 5.55. The number of amidine groups is 1. The second-order valence-electron chi connectivity index (χ2n) is 3.23. The number of nitrogens with zero attached hydrogens (tertiary/aromatic N) is 1. The maximum Gasteiger partial charge on any atom is 0.161 e. The van der Waals surface area contributed by atoms with Crippen LogP contribution in [0.25, 0.3) is 0 Å². The number of hydrogen-bond acceptors (Lipinski definition) is 3. The van der Waals surface area contributed by atoms with E-state index in [4.69, 9.17) is 22.5 Å². The van der Waals surface area contributed by atoms with Gasteiger partial charge in [0.05, 0.1) is 16.8 Å². The molecule has 0 heterocycles. The number of hydrogen-bond donors (Lipinski definition) is 3. The lowest BCUT2D eigenvalue weighted by atomic mass is 10.2. The van der Waals surface area contributed by atoms with Crippen LogP contribution in [0.1, 0.15) is 13.3 Å². The van der Waals surface area contributed by atoms with E-state index in [-0.39, 0.29) is 16.5 Å². The Hall–Kier alpha value is -1.49. The van der Waals surface area contributed by atoms with Crippen LogP contribution in [0.4, 0.5) is 10.1 Å². The van der Waals surface area contributed by atoms with Crippen LogP contribution in [0.5, 0.6) is 0 Å². The van der Waals surface area contributed by atoms with E-state index in [1.54, 1.807) is 6.07 Å². The van der Waals surface area contributed by atoms with Crippen molar-refractivity contribution in [1.82, 2.24) is 0 Å². The van der Waals surface area contributed by atoms with Crippen LogP contribution in [0.2, 0.25) is 5.02 Å². The average molecular weight is 246 g/mol. The number of oxime groups is 1. The minimum absolute atomic E-state index is 0.0122. The largest absolute Gasteiger partial charge is 0.409 e. The lowest BCUT2D eigenvalue weighted by molar-refractivity contribution is 0.316. The molecule has 0 radical (unpaired) electrons. The first kappa shape index (κ1) is 12.6. The van der Waals surface area contributed by atoms with Crippen LogP contribution >= 0.6 is 11.6 Å². The Bertz CT molecular complexity index is 377. The Balaban J connectivity index is 2.94. The fraction of sp³-hybridized carbons (Fsp3) is 0.300. The number of anilines is 1. The van der Waals surface area contributed by atoms with Crippen molar-refractivity contribution in [3.05, 3.63) is 29.0 Å². The summed E-state index contributed by atoms with van der Waals surface area (Å²) in [6.45, 7) is 1.82. The van der Waals surface area contributed by atoms with E-state index in [0.717, 1.165) is 0 Å². The van der Waals surface area contributed by atoms with Crippen molar-refractivity contribution >= 4 is 23.1 Å². The standard InChI is InChI=1S/C10H13ClFN3O/c1-2-8(10(13)15-16)14-9-6(11)4-3-5-7(9)12/h3-5,8,14,16H,2H2,1H3,(H2,13,15). The Morgan fingerprint density at radius 3 is 2.88 bits per heavy atom. The fourth-order valence-electron chi connectivity index (χ4n) is 1.26. The van der Waals surface area contributed by atoms with Crippen molar-refractivity contribution in [2.45, 2.75) is 19.4 Å². The third kappa shape index (κ3) is 2.76. The van der Waals surface area contributed by atoms with Crippen molar-refractivity contribution in [3.8, 4) is 0 Å². The van der Waals surface area contributed by atoms with Gasteiger partial charge in [-0.15, -0.1) is 0 Å². The maximum atomic E-state index is 13.4. The van der Waals surface area contributed by atoms with Crippen molar-refractivity contribution < 1.29 is 9.60 Å². The van der Waals surface area contributed by atoms with Crippen molar-refractivity contribution in [2.24, 2.45) is 10.9 Å². The minimum atomic E-state index is -0.475. The molecule has 0 bridgehead atoms. The topological polar surface area (TPSA) is 70.6 Å². The zero-order valence-electron chi connectivity index (χ0n) is 8.74. The highest BCUT2D eigenvalue weighted by atomic mass is 35.5. The Labute approximate surface area is 97.9 Å². The molecule has 4 N–H and O–H groups in total. The Morgan fingerprint density at radius 2 is 2.38 bits per heavy atom. The highest BCUT2D eigenvalue weighted by Gasteiger charge is 2.15. The van der Waals surface area contributed by atoms with Gasteiger partial charge < -0.3 is 16.3 Å². The summed E-state index contributed by atoms with van der Waals surface area (Å²) in [7, 11) is 0. The summed E-state index contributed by atoms with van der Waals surface area (Å²) < 4.78 is 13.4. The van der Waals surface area contributed by atoms with Gasteiger partial charge in [0.1, 0.15) is 5.82 Å². The molecule has 0 fully saturated rings. The number of halogens is 2. The van der Waals surface area contributed by atoms with Crippen LogP contribution in [0.3, 0.4) is 0 Å². The predicted octanol–water partition coefficient (Wildman–Crippen LogP) is 2.42. The molecule has 0 amide bonds. The van der Waals surface area contributed by atoms with Gasteiger partial charge in [0.15, 0.2) is 5.84 Å². The van der Waals surface area contributed by atoms with E-state index in [9.17, 15) is 4.39 Å². The molecular formula is C10H13ClFN3O. The van der Waals surface area contributed by atoms with Gasteiger partial charge in [0.25, 0.3) is 0 Å². The summed E-state index contributed by atoms with van der Waals surface area (Å²) >= 11 is 5.83. The Kier molecular flexibility index (Phi) is 4.37. The molecule has 1 atom stereocenters. The van der Waals surface area contributed by atoms with E-state index in [0.29, 0.717) is 6.42 Å². The highest BCUT2D eigenvalue weighted by molar-refractivity contribution is 6.33. The van der Waals surface area contributed by atoms with Crippen molar-refractivity contribution in [2.75, 3.05) is 5.32 Å². The minimum Gasteiger partial charge on any atom is -0.409 e. The number of rotatable bonds is 4. The van der Waals surface area contributed by atoms with Crippen LogP contribution in [0, 0.1) is 5.82 Å². The maximum absolute atomic E-state index is 13.4. The van der Waals surface area contributed by atoms with Gasteiger partial charge in [-0.05, 0) is 18.6 Å². The lowest BCUT2D eigenvalue weighted by Crippen LogP contribution is -2.35. The highest BCUT2D eigenvalue weighted by Crippen LogP contribution is 2.25. The van der Waals surface area contributed by atoms with Crippen LogP contribution in [-0.2, 0) is 0 Å². The van der Waals surface area contributed by atoms with Crippen molar-refractivity contribution in [3.63, 3.8) is 0 Å². The first-order valence-electron chi connectivity index (χ1n) is 4.78. The molecule has 0 aliphatic heterocycles. The molecule has 1 aromatic carbocycles. The Morgan fingerprint density at radius 1 is 1.69 bits per heavy atom. The number of nitrogens with one attached hydrogen (secondary N) is 1. The smallest absolute Gasteiger partial charge is 0.161 e. The molecule has 16 heavy (non-hydrogen) atoms. The van der Waals surface area contributed by atoms with E-state index < -0.39 is 11.9 Å². The van der Waals surface area contributed by atoms with Gasteiger partial charge in [-0.2, -0.15) is 0 Å². The van der Waals surface area contributed by atoms with Crippen LogP contribution in [-0.4, -0.2) is 17.1 Å². The van der Waals surface area contributed by atoms with E-state index in [1.807, 2.05) is 6.92 Å². The van der Waals surface area contributed by atoms with Gasteiger partial charge >= 0.3 is 0 Å². The summed E-state index contributed by atoms with van der Waals surface area (Å²) in [5.41, 5.74) is 5.60. The van der Waals surface area contributed by atoms with Gasteiger partial charge in [-0.25, -0.2) is 4.39 Å². The summed E-state index contributed by atoms with van der Waals surface area (Å²) in [6.07, 6.45) is 0.542. The molecule has 88 valence electrons. The molecule has 1 aromatic rings. The predicted molar refractivity (Wildman–Crippen MR) is 62.5 cm³/mol. The van der Waals surface area contributed by atoms with E-state index >= 15 is 0 Å². The monoisotopic (exact) mass is 245 g/mol. The SMILES string of the molecule is CCC(Nc1c(F)cccc1Cl)/C(N)=N/O. The number of benzene rings is 1. The third-order valence-corrected chi connectivity index (χ3v) is 2.48. The molecule has 0 aromatic heterocycles. The molecule has 6 heteroatoms. The zero-order chi connectivity index (χ0) is 12.1. The molecule has 1 unspecified atom stereocenters. The van der Waals surface area contributed by atoms with Crippen molar-refractivity contribution in [1.29, 1.82) is 0 Å². The number of nitrogens with two attached hydrogens (primary N) is 1. The van der Waals surface area contributed by atoms with Gasteiger partial charge in [0, 0.05) is 0 Å². The van der Waals surface area contributed by atoms with Gasteiger partial charge in [-0.1, -0.05) is 29.7 Å². The molecule has 1 rings (SSSR count). The molecule has 4 nitrogen and oxygen atoms in total. The second-order valence-corrected chi connectivity index (χ2v) is 3.63. The van der Waals surface area contributed by atoms with Gasteiger partial charge in [0.2, 0.25) is 0 Å². The fourth-order valence-corrected chi connectivity index (χ4v) is 1.48. The summed E-state index contributed by atoms with van der Waals surface area (Å²) in [5.74, 6) is -0.487. The summed E-state index contributed by atoms with van der Waals surface area (Å²) in [6, 6.07) is 3.89. The van der Waals surface area contributed by atoms with Gasteiger partial charge in [-0.3, -0.25) is 0 Å². The molecule has 0 spiro atoms. The lowest BCUT2D eigenvalue weighted by Gasteiger charge is -2.17. The first-order valence-corrected chi connectivity index (χ1v) is 5.15. The van der Waals surface area contributed by atoms with Crippen LogP contribution < -0.4 is 11.1 Å². The van der Waals surface area contributed by atoms with E-state index in [1.165, 1.54) is 12.1 Å². The van der Waals surface area contributed by atoms with E-state index in [2.05, 4.69) is 10.5 Å². The quantitative estimate of drug-likeness (QED) is 0.330. The van der Waals surface area contributed by atoms with Crippen LogP contribution in [0.15, 0.2) is 23.4 Å².